The summed E-state index contributed by atoms with van der Waals surface area (Å²) in [6.07, 6.45) is 0. The van der Waals surface area contributed by atoms with Gasteiger partial charge in [-0.05, 0) is 57.5 Å². The van der Waals surface area contributed by atoms with E-state index in [2.05, 4.69) is 138 Å². The number of aromatic nitrogens is 2. The maximum atomic E-state index is 5.24. The van der Waals surface area contributed by atoms with Gasteiger partial charge in [-0.3, -0.25) is 4.57 Å². The quantitative estimate of drug-likeness (QED) is 0.215. The fourth-order valence-electron chi connectivity index (χ4n) is 4.79. The van der Waals surface area contributed by atoms with E-state index in [1.807, 2.05) is 0 Å². The summed E-state index contributed by atoms with van der Waals surface area (Å²) in [5.41, 5.74) is 5.79. The summed E-state index contributed by atoms with van der Waals surface area (Å²) in [6, 6.07) is 34.8. The predicted molar refractivity (Wildman–Crippen MR) is 148 cm³/mol. The summed E-state index contributed by atoms with van der Waals surface area (Å²) in [7, 11) is 0. The number of fused-ring (bicyclic) bond motifs is 5. The van der Waals surface area contributed by atoms with Gasteiger partial charge in [0, 0.05) is 21.1 Å². The molecule has 1 aromatic heterocycles. The Morgan fingerprint density at radius 1 is 0.676 bits per heavy atom. The lowest BCUT2D eigenvalue weighted by molar-refractivity contribution is 0.590. The first-order valence-electron chi connectivity index (χ1n) is 11.6. The highest BCUT2D eigenvalue weighted by Crippen LogP contribution is 2.36. The zero-order valence-electron chi connectivity index (χ0n) is 19.5. The molecule has 6 aromatic rings. The van der Waals surface area contributed by atoms with E-state index in [-0.39, 0.29) is 5.41 Å². The van der Waals surface area contributed by atoms with Crippen LogP contribution in [-0.2, 0) is 5.41 Å². The number of hydrogen-bond donors (Lipinski definition) is 0. The predicted octanol–water partition coefficient (Wildman–Crippen LogP) is 9.06. The van der Waals surface area contributed by atoms with Crippen LogP contribution in [0.1, 0.15) is 26.3 Å². The molecule has 1 heterocycles. The van der Waals surface area contributed by atoms with E-state index in [0.717, 1.165) is 32.6 Å². The minimum absolute atomic E-state index is 0.112. The molecule has 0 atom stereocenters. The largest absolute Gasteiger partial charge is 0.292 e. The molecule has 0 aliphatic carbocycles. The van der Waals surface area contributed by atoms with Gasteiger partial charge in [0.15, 0.2) is 0 Å². The van der Waals surface area contributed by atoms with Gasteiger partial charge in [-0.2, -0.15) is 0 Å². The normalized spacial score (nSPS) is 12.1. The highest BCUT2D eigenvalue weighted by molar-refractivity contribution is 9.10. The summed E-state index contributed by atoms with van der Waals surface area (Å²) in [5, 5.41) is 4.93. The van der Waals surface area contributed by atoms with E-state index in [1.165, 1.54) is 27.1 Å². The third-order valence-electron chi connectivity index (χ3n) is 6.64. The van der Waals surface area contributed by atoms with Crippen LogP contribution in [0, 0.1) is 0 Å². The second kappa shape index (κ2) is 7.82. The molecule has 5 aromatic carbocycles. The second-order valence-corrected chi connectivity index (χ2v) is 10.8. The van der Waals surface area contributed by atoms with Crippen molar-refractivity contribution in [3.63, 3.8) is 0 Å². The van der Waals surface area contributed by atoms with Crippen LogP contribution in [0.25, 0.3) is 49.7 Å². The molecule has 0 unspecified atom stereocenters. The van der Waals surface area contributed by atoms with Crippen LogP contribution < -0.4 is 0 Å². The summed E-state index contributed by atoms with van der Waals surface area (Å²) in [5.74, 6) is 0.951. The third-order valence-corrected chi connectivity index (χ3v) is 7.17. The Morgan fingerprint density at radius 2 is 1.38 bits per heavy atom. The number of imidazole rings is 1. The Hall–Kier alpha value is -3.43. The van der Waals surface area contributed by atoms with Gasteiger partial charge < -0.3 is 0 Å². The van der Waals surface area contributed by atoms with E-state index in [0.29, 0.717) is 0 Å². The maximum absolute atomic E-state index is 5.24. The number of rotatable bonds is 2. The fraction of sp³-hybridized carbons (Fsp3) is 0.129. The average Bonchev–Trinajstić information content (AvgIpc) is 3.24. The van der Waals surface area contributed by atoms with Crippen LogP contribution in [-0.4, -0.2) is 9.55 Å². The van der Waals surface area contributed by atoms with Gasteiger partial charge in [0.2, 0.25) is 0 Å². The highest BCUT2D eigenvalue weighted by atomic mass is 79.9. The zero-order valence-corrected chi connectivity index (χ0v) is 21.1. The van der Waals surface area contributed by atoms with Gasteiger partial charge in [0.1, 0.15) is 5.82 Å². The Labute approximate surface area is 208 Å². The molecule has 0 spiro atoms. The molecule has 0 saturated carbocycles. The van der Waals surface area contributed by atoms with E-state index in [1.54, 1.807) is 0 Å². The maximum Gasteiger partial charge on any atom is 0.145 e. The number of hydrogen-bond acceptors (Lipinski definition) is 1. The van der Waals surface area contributed by atoms with Gasteiger partial charge in [-0.1, -0.05) is 103 Å². The Balaban J connectivity index is 1.67. The molecular weight excluding hydrogens is 480 g/mol. The molecular formula is C31H25BrN2. The van der Waals surface area contributed by atoms with Crippen molar-refractivity contribution in [1.29, 1.82) is 0 Å². The SMILES string of the molecule is CC(C)(C)c1ccc(-n2c(-c3ccc(Br)cc3)nc3c4ccc5ccccc5c4ccc32)cc1. The lowest BCUT2D eigenvalue weighted by atomic mass is 9.87. The molecule has 0 saturated heterocycles. The van der Waals surface area contributed by atoms with Gasteiger partial charge >= 0.3 is 0 Å². The van der Waals surface area contributed by atoms with Gasteiger partial charge in [0.05, 0.1) is 11.0 Å². The highest BCUT2D eigenvalue weighted by Gasteiger charge is 2.18. The number of nitrogens with zero attached hydrogens (tertiary/aromatic N) is 2. The van der Waals surface area contributed by atoms with Crippen LogP contribution in [0.5, 0.6) is 0 Å². The summed E-state index contributed by atoms with van der Waals surface area (Å²) in [6.45, 7) is 6.75. The van der Waals surface area contributed by atoms with E-state index < -0.39 is 0 Å². The van der Waals surface area contributed by atoms with E-state index in [4.69, 9.17) is 4.98 Å². The topological polar surface area (TPSA) is 17.8 Å². The first kappa shape index (κ1) is 21.1. The molecule has 0 N–H and O–H groups in total. The van der Waals surface area contributed by atoms with Crippen molar-refractivity contribution in [1.82, 2.24) is 9.55 Å². The van der Waals surface area contributed by atoms with E-state index >= 15 is 0 Å². The minimum atomic E-state index is 0.112. The lowest BCUT2D eigenvalue weighted by Gasteiger charge is -2.19. The summed E-state index contributed by atoms with van der Waals surface area (Å²) < 4.78 is 3.35. The average molecular weight is 505 g/mol. The molecule has 2 nitrogen and oxygen atoms in total. The van der Waals surface area contributed by atoms with Crippen molar-refractivity contribution in [2.75, 3.05) is 0 Å². The fourth-order valence-corrected chi connectivity index (χ4v) is 5.06. The first-order chi connectivity index (χ1) is 16.4. The molecule has 6 rings (SSSR count). The molecule has 0 aliphatic heterocycles. The Bertz CT molecular complexity index is 1670. The third kappa shape index (κ3) is 3.43. The van der Waals surface area contributed by atoms with Crippen molar-refractivity contribution >= 4 is 48.5 Å². The van der Waals surface area contributed by atoms with Crippen molar-refractivity contribution in [3.8, 4) is 17.1 Å². The summed E-state index contributed by atoms with van der Waals surface area (Å²) in [4.78, 5) is 5.24. The standard InChI is InChI=1S/C31H25BrN2/c1-31(2,3)22-11-15-24(16-12-22)34-28-19-18-26-25-7-5-4-6-20(25)10-17-27(26)29(28)33-30(34)21-8-13-23(32)14-9-21/h4-19H,1-3H3. The Kier molecular flexibility index (Phi) is 4.86. The molecule has 0 bridgehead atoms. The van der Waals surface area contributed by atoms with Crippen molar-refractivity contribution in [2.24, 2.45) is 0 Å². The van der Waals surface area contributed by atoms with Gasteiger partial charge in [-0.25, -0.2) is 4.98 Å². The molecule has 0 amide bonds. The Morgan fingerprint density at radius 3 is 2.12 bits per heavy atom. The van der Waals surface area contributed by atoms with Crippen molar-refractivity contribution in [3.05, 3.63) is 107 Å². The molecule has 3 heteroatoms. The first-order valence-corrected chi connectivity index (χ1v) is 12.4. The van der Waals surface area contributed by atoms with Crippen LogP contribution >= 0.6 is 15.9 Å². The van der Waals surface area contributed by atoms with Crippen LogP contribution in [0.15, 0.2) is 102 Å². The van der Waals surface area contributed by atoms with E-state index in [9.17, 15) is 0 Å². The second-order valence-electron chi connectivity index (χ2n) is 9.89. The summed E-state index contributed by atoms with van der Waals surface area (Å²) >= 11 is 3.57. The minimum Gasteiger partial charge on any atom is -0.292 e. The van der Waals surface area contributed by atoms with Crippen molar-refractivity contribution in [2.45, 2.75) is 26.2 Å². The molecule has 34 heavy (non-hydrogen) atoms. The lowest BCUT2D eigenvalue weighted by Crippen LogP contribution is -2.11. The van der Waals surface area contributed by atoms with Crippen LogP contribution in [0.4, 0.5) is 0 Å². The van der Waals surface area contributed by atoms with Crippen LogP contribution in [0.2, 0.25) is 0 Å². The zero-order chi connectivity index (χ0) is 23.4. The van der Waals surface area contributed by atoms with Crippen molar-refractivity contribution < 1.29 is 0 Å². The molecule has 0 fully saturated rings. The monoisotopic (exact) mass is 504 g/mol. The van der Waals surface area contributed by atoms with Gasteiger partial charge in [-0.15, -0.1) is 0 Å². The molecule has 0 aliphatic rings. The molecule has 0 radical (unpaired) electrons. The molecule has 166 valence electrons. The van der Waals surface area contributed by atoms with Crippen LogP contribution in [0.3, 0.4) is 0 Å². The smallest absolute Gasteiger partial charge is 0.145 e. The number of halogens is 1. The number of benzene rings is 5. The van der Waals surface area contributed by atoms with Gasteiger partial charge in [0.25, 0.3) is 0 Å².